The summed E-state index contributed by atoms with van der Waals surface area (Å²) in [6.07, 6.45) is 3.65. The molecule has 0 fully saturated rings. The van der Waals surface area contributed by atoms with Gasteiger partial charge in [0.05, 0.1) is 0 Å². The van der Waals surface area contributed by atoms with Crippen molar-refractivity contribution in [3.05, 3.63) is 213 Å². The molecule has 1 aliphatic carbocycles. The number of hydrogen-bond acceptors (Lipinski definition) is 0. The quantitative estimate of drug-likeness (QED) is 0.0479. The smallest absolute Gasteiger partial charge is 0.340 e. The maximum Gasteiger partial charge on any atom is 1.00 e. The summed E-state index contributed by atoms with van der Waals surface area (Å²) in [4.78, 5) is 0. The van der Waals surface area contributed by atoms with Gasteiger partial charge in [-0.25, -0.2) is 0 Å². The van der Waals surface area contributed by atoms with Gasteiger partial charge in [-0.05, 0) is 85.7 Å². The number of allylic oxidation sites excluding steroid dienone is 2. The number of rotatable bonds is 8. The minimum atomic E-state index is -0.446. The molecule has 1 nitrogen and oxygen atoms in total. The van der Waals surface area contributed by atoms with E-state index in [4.69, 9.17) is 4.65 Å². The van der Waals surface area contributed by atoms with Crippen molar-refractivity contribution in [1.82, 2.24) is 0 Å². The van der Waals surface area contributed by atoms with Gasteiger partial charge in [0.1, 0.15) is 0 Å². The largest absolute Gasteiger partial charge is 1.00 e. The predicted molar refractivity (Wildman–Crippen MR) is 232 cm³/mol. The van der Waals surface area contributed by atoms with E-state index in [9.17, 15) is 0 Å². The summed E-state index contributed by atoms with van der Waals surface area (Å²) >= 11 is 0. The van der Waals surface area contributed by atoms with Crippen molar-refractivity contribution in [3.63, 3.8) is 0 Å². The van der Waals surface area contributed by atoms with Crippen molar-refractivity contribution in [2.24, 2.45) is 23.7 Å². The summed E-state index contributed by atoms with van der Waals surface area (Å²) < 4.78 is 7.50. The molecule has 6 aromatic rings. The van der Waals surface area contributed by atoms with Crippen LogP contribution in [0.1, 0.15) is 34.6 Å². The molecule has 0 aromatic heterocycles. The molecule has 0 amide bonds. The molecular weight excluding hydrogens is 780 g/mol. The zero-order chi connectivity index (χ0) is 38.0. The summed E-state index contributed by atoms with van der Waals surface area (Å²) in [6, 6.07) is 64.7. The van der Waals surface area contributed by atoms with Crippen LogP contribution in [-0.2, 0) is 24.1 Å². The second kappa shape index (κ2) is 23.9. The topological polar surface area (TPSA) is 19.9 Å². The van der Waals surface area contributed by atoms with E-state index in [1.54, 1.807) is 0 Å². The molecule has 0 heterocycles. The second-order valence-electron chi connectivity index (χ2n) is 13.4. The fraction of sp³-hybridized carbons (Fsp3) is 0.180. The van der Waals surface area contributed by atoms with Crippen LogP contribution < -0.4 is 31.8 Å². The van der Waals surface area contributed by atoms with Crippen molar-refractivity contribution in [2.75, 3.05) is 0 Å². The first-order valence-electron chi connectivity index (χ1n) is 18.2. The number of hydrogen-bond donors (Lipinski definition) is 0. The zero-order valence-electron chi connectivity index (χ0n) is 32.0. The number of benzene rings is 6. The Morgan fingerprint density at radius 2 is 0.648 bits per heavy atom. The molecule has 0 bridgehead atoms. The van der Waals surface area contributed by atoms with Gasteiger partial charge in [0.25, 0.3) is 0 Å². The second-order valence-corrected chi connectivity index (χ2v) is 17.8. The van der Waals surface area contributed by atoms with E-state index in [1.807, 2.05) is 0 Å². The molecule has 3 unspecified atom stereocenters. The van der Waals surface area contributed by atoms with E-state index in [0.29, 0.717) is 23.7 Å². The fourth-order valence-electron chi connectivity index (χ4n) is 6.57. The molecule has 54 heavy (non-hydrogen) atoms. The van der Waals surface area contributed by atoms with Crippen LogP contribution in [0.5, 0.6) is 0 Å². The van der Waals surface area contributed by atoms with Crippen molar-refractivity contribution < 1.29 is 24.1 Å². The molecule has 7 rings (SSSR count). The summed E-state index contributed by atoms with van der Waals surface area (Å²) in [5, 5.41) is 8.39. The van der Waals surface area contributed by atoms with E-state index < -0.39 is 15.8 Å². The maximum atomic E-state index is 7.50. The third-order valence-corrected chi connectivity index (χ3v) is 14.1. The average molecular weight is 831 g/mol. The molecule has 0 spiro atoms. The van der Waals surface area contributed by atoms with E-state index in [0.717, 1.165) is 0 Å². The summed E-state index contributed by atoms with van der Waals surface area (Å²) in [5.74, 6) is 2.19. The Morgan fingerprint density at radius 1 is 0.444 bits per heavy atom. The van der Waals surface area contributed by atoms with Gasteiger partial charge < -0.3 is 6.92 Å². The molecule has 275 valence electrons. The van der Waals surface area contributed by atoms with Crippen molar-refractivity contribution in [3.8, 4) is 0 Å². The Labute approximate surface area is 341 Å². The van der Waals surface area contributed by atoms with E-state index in [1.165, 1.54) is 43.0 Å². The van der Waals surface area contributed by atoms with Gasteiger partial charge in [0.2, 0.25) is 0 Å². The van der Waals surface area contributed by atoms with Crippen LogP contribution in [0.25, 0.3) is 0 Å². The van der Waals surface area contributed by atoms with Gasteiger partial charge in [0.15, 0.2) is 0 Å². The molecule has 0 saturated heterocycles. The van der Waals surface area contributed by atoms with Crippen LogP contribution in [0, 0.1) is 43.7 Å². The summed E-state index contributed by atoms with van der Waals surface area (Å²) in [6.45, 7) is 19.8. The Morgan fingerprint density at radius 3 is 0.796 bits per heavy atom. The van der Waals surface area contributed by atoms with Gasteiger partial charge in [-0.15, -0.1) is 0 Å². The first kappa shape index (κ1) is 44.7. The zero-order valence-corrected chi connectivity index (χ0v) is 35.5. The molecule has 4 heteroatoms. The van der Waals surface area contributed by atoms with Crippen LogP contribution in [0.4, 0.5) is 0 Å². The summed E-state index contributed by atoms with van der Waals surface area (Å²) in [7, 11) is -0.892. The normalized spacial score (nSPS) is 15.1. The third kappa shape index (κ3) is 12.7. The van der Waals surface area contributed by atoms with Gasteiger partial charge in [-0.2, -0.15) is 5.92 Å². The van der Waals surface area contributed by atoms with E-state index in [2.05, 4.69) is 237 Å². The first-order chi connectivity index (χ1) is 25.8. The van der Waals surface area contributed by atoms with E-state index in [-0.39, 0.29) is 19.5 Å². The average Bonchev–Trinajstić information content (AvgIpc) is 3.53. The first-order valence-corrected chi connectivity index (χ1v) is 20.9. The molecular formula is C50H51OP2Ru. The Kier molecular flexibility index (Phi) is 19.8. The molecule has 0 saturated carbocycles. The van der Waals surface area contributed by atoms with Gasteiger partial charge in [0, 0.05) is 0 Å². The van der Waals surface area contributed by atoms with Crippen LogP contribution >= 0.6 is 15.8 Å². The van der Waals surface area contributed by atoms with Crippen molar-refractivity contribution >= 4 is 47.7 Å². The summed E-state index contributed by atoms with van der Waals surface area (Å²) in [5.41, 5.74) is 3.02. The van der Waals surface area contributed by atoms with Crippen LogP contribution in [0.15, 0.2) is 193 Å². The van der Waals surface area contributed by atoms with Crippen LogP contribution in [-0.4, -0.2) is 0 Å². The van der Waals surface area contributed by atoms with Crippen LogP contribution in [0.2, 0.25) is 0 Å². The standard InChI is InChI=1S/2C18H15P.C13H21.CO.Ru/c2*1-4-10-16(11-5-1)19(17-12-6-2-7-13-17)18-14-8-3-9-15-18;1-8(2)12-7-13(9(3)4)11(6)10(12)5;1-2;/h2*1-15H;8-9,12-13H,1H2,2-6H3;;/q;;-1;;+1. The monoisotopic (exact) mass is 831 g/mol. The predicted octanol–water partition coefficient (Wildman–Crippen LogP) is 10.6. The van der Waals surface area contributed by atoms with Crippen molar-refractivity contribution in [2.45, 2.75) is 34.6 Å². The minimum absolute atomic E-state index is 0. The Balaban J connectivity index is 0.000000215. The van der Waals surface area contributed by atoms with E-state index >= 15 is 0 Å². The van der Waals surface area contributed by atoms with Gasteiger partial charge in [-0.3, -0.25) is 0 Å². The minimum Gasteiger partial charge on any atom is -0.340 e. The Hall–Kier alpha value is -3.72. The van der Waals surface area contributed by atoms with Gasteiger partial charge >= 0.3 is 30.8 Å². The Bertz CT molecular complexity index is 1600. The van der Waals surface area contributed by atoms with Crippen LogP contribution in [0.3, 0.4) is 0 Å². The molecule has 0 N–H and O–H groups in total. The molecule has 0 aliphatic heterocycles. The molecule has 3 radical (unpaired) electrons. The molecule has 1 aliphatic rings. The fourth-order valence-corrected chi connectivity index (χ4v) is 11.2. The van der Waals surface area contributed by atoms with Gasteiger partial charge in [-0.1, -0.05) is 214 Å². The van der Waals surface area contributed by atoms with Crippen molar-refractivity contribution in [1.29, 1.82) is 0 Å². The molecule has 3 atom stereocenters. The SMILES string of the molecule is [C-]#[O+].[CH2-]C(C)C1[C]C(C(C)C)C(C)=C1C.[Ru+].c1ccc(P(c2ccccc2)c2ccccc2)cc1.c1ccc(P(c2ccccc2)c2ccccc2)cc1. The third-order valence-electron chi connectivity index (χ3n) is 9.24. The maximum absolute atomic E-state index is 7.50. The molecule has 6 aromatic carbocycles.